The second-order valence-corrected chi connectivity index (χ2v) is 8.45. The van der Waals surface area contributed by atoms with E-state index in [0.29, 0.717) is 21.7 Å². The number of thioether (sulfide) groups is 1. The molecule has 0 unspecified atom stereocenters. The fourth-order valence-corrected chi connectivity index (χ4v) is 4.83. The van der Waals surface area contributed by atoms with Crippen LogP contribution in [0.5, 0.6) is 0 Å². The van der Waals surface area contributed by atoms with Crippen LogP contribution in [0.4, 0.5) is 0 Å². The Kier molecular flexibility index (Phi) is 5.55. The summed E-state index contributed by atoms with van der Waals surface area (Å²) in [5, 5.41) is 13.0. The molecule has 0 aliphatic rings. The van der Waals surface area contributed by atoms with E-state index in [4.69, 9.17) is 23.2 Å². The first-order valence-corrected chi connectivity index (χ1v) is 10.1. The number of hydrogen-bond acceptors (Lipinski definition) is 4. The van der Waals surface area contributed by atoms with Gasteiger partial charge in [0.25, 0.3) is 0 Å². The summed E-state index contributed by atoms with van der Waals surface area (Å²) < 4.78 is 2.02. The zero-order chi connectivity index (χ0) is 17.3. The van der Waals surface area contributed by atoms with Gasteiger partial charge >= 0.3 is 0 Å². The van der Waals surface area contributed by atoms with Crippen molar-refractivity contribution in [3.63, 3.8) is 0 Å². The number of aromatic nitrogens is 3. The van der Waals surface area contributed by atoms with Crippen molar-refractivity contribution < 1.29 is 0 Å². The standard InChI is InChI=1S/C17H17Cl2N3S2/c1-10(2)15-7-11(8-23-15)16-20-21-17(22(16)3)24-9-12-13(18)5-4-6-14(12)19/h4-8,10H,9H2,1-3H3. The topological polar surface area (TPSA) is 30.7 Å². The summed E-state index contributed by atoms with van der Waals surface area (Å²) in [6, 6.07) is 7.75. The van der Waals surface area contributed by atoms with Crippen molar-refractivity contribution in [2.75, 3.05) is 0 Å². The highest BCUT2D eigenvalue weighted by Gasteiger charge is 2.15. The Morgan fingerprint density at radius 2 is 1.92 bits per heavy atom. The molecular weight excluding hydrogens is 381 g/mol. The summed E-state index contributed by atoms with van der Waals surface area (Å²) in [5.74, 6) is 2.06. The fourth-order valence-electron chi connectivity index (χ4n) is 2.27. The predicted octanol–water partition coefficient (Wildman–Crippen LogP) is 6.27. The molecule has 0 atom stereocenters. The first kappa shape index (κ1) is 17.8. The molecule has 3 nitrogen and oxygen atoms in total. The third-order valence-corrected chi connectivity index (χ3v) is 6.68. The summed E-state index contributed by atoms with van der Waals surface area (Å²) >= 11 is 15.8. The molecule has 1 aromatic carbocycles. The van der Waals surface area contributed by atoms with Crippen molar-refractivity contribution in [1.29, 1.82) is 0 Å². The van der Waals surface area contributed by atoms with Crippen LogP contribution in [0.15, 0.2) is 34.8 Å². The summed E-state index contributed by atoms with van der Waals surface area (Å²) in [6.45, 7) is 4.39. The van der Waals surface area contributed by atoms with Crippen LogP contribution in [-0.4, -0.2) is 14.8 Å². The van der Waals surface area contributed by atoms with Crippen molar-refractivity contribution in [3.8, 4) is 11.4 Å². The first-order valence-electron chi connectivity index (χ1n) is 7.51. The molecule has 24 heavy (non-hydrogen) atoms. The lowest BCUT2D eigenvalue weighted by molar-refractivity contribution is 0.794. The second-order valence-electron chi connectivity index (χ2n) is 5.75. The van der Waals surface area contributed by atoms with Crippen LogP contribution in [0.1, 0.15) is 30.2 Å². The highest BCUT2D eigenvalue weighted by Crippen LogP contribution is 2.33. The Hall–Kier alpha value is -1.01. The van der Waals surface area contributed by atoms with Crippen LogP contribution < -0.4 is 0 Å². The summed E-state index contributed by atoms with van der Waals surface area (Å²) in [6.07, 6.45) is 0. The normalized spacial score (nSPS) is 11.4. The molecule has 0 N–H and O–H groups in total. The molecule has 126 valence electrons. The Morgan fingerprint density at radius 1 is 1.21 bits per heavy atom. The van der Waals surface area contributed by atoms with Gasteiger partial charge in [0.1, 0.15) is 0 Å². The van der Waals surface area contributed by atoms with Gasteiger partial charge in [0.05, 0.1) is 0 Å². The summed E-state index contributed by atoms with van der Waals surface area (Å²) in [4.78, 5) is 1.35. The van der Waals surface area contributed by atoms with E-state index in [2.05, 4.69) is 35.5 Å². The molecule has 2 heterocycles. The monoisotopic (exact) mass is 397 g/mol. The van der Waals surface area contributed by atoms with Crippen molar-refractivity contribution >= 4 is 46.3 Å². The quantitative estimate of drug-likeness (QED) is 0.475. The third kappa shape index (κ3) is 3.64. The van der Waals surface area contributed by atoms with Gasteiger partial charge in [-0.2, -0.15) is 0 Å². The van der Waals surface area contributed by atoms with E-state index in [9.17, 15) is 0 Å². The van der Waals surface area contributed by atoms with Gasteiger partial charge in [-0.05, 0) is 29.7 Å². The van der Waals surface area contributed by atoms with Gasteiger partial charge in [0.15, 0.2) is 11.0 Å². The van der Waals surface area contributed by atoms with Crippen LogP contribution in [0.3, 0.4) is 0 Å². The van der Waals surface area contributed by atoms with Crippen LogP contribution in [-0.2, 0) is 12.8 Å². The summed E-state index contributed by atoms with van der Waals surface area (Å²) in [7, 11) is 1.98. The molecule has 0 amide bonds. The molecule has 0 bridgehead atoms. The minimum atomic E-state index is 0.521. The van der Waals surface area contributed by atoms with Crippen molar-refractivity contribution in [2.24, 2.45) is 7.05 Å². The lowest BCUT2D eigenvalue weighted by Crippen LogP contribution is -1.95. The molecule has 3 aromatic rings. The van der Waals surface area contributed by atoms with Gasteiger partial charge in [-0.1, -0.05) is 54.9 Å². The van der Waals surface area contributed by atoms with E-state index in [1.165, 1.54) is 4.88 Å². The third-order valence-electron chi connectivity index (χ3n) is 3.69. The van der Waals surface area contributed by atoms with E-state index < -0.39 is 0 Å². The van der Waals surface area contributed by atoms with Crippen LogP contribution in [0, 0.1) is 0 Å². The zero-order valence-corrected chi connectivity index (χ0v) is 16.7. The Balaban J connectivity index is 1.80. The van der Waals surface area contributed by atoms with Gasteiger partial charge in [-0.15, -0.1) is 21.5 Å². The van der Waals surface area contributed by atoms with E-state index in [-0.39, 0.29) is 0 Å². The molecule has 0 aliphatic carbocycles. The minimum Gasteiger partial charge on any atom is -0.305 e. The van der Waals surface area contributed by atoms with Crippen molar-refractivity contribution in [2.45, 2.75) is 30.7 Å². The second kappa shape index (κ2) is 7.48. The molecule has 0 saturated heterocycles. The molecule has 0 fully saturated rings. The lowest BCUT2D eigenvalue weighted by atomic mass is 10.1. The largest absolute Gasteiger partial charge is 0.305 e. The first-order chi connectivity index (χ1) is 11.5. The van der Waals surface area contributed by atoms with Crippen molar-refractivity contribution in [1.82, 2.24) is 14.8 Å². The predicted molar refractivity (Wildman–Crippen MR) is 104 cm³/mol. The van der Waals surface area contributed by atoms with Gasteiger partial charge in [-0.25, -0.2) is 0 Å². The van der Waals surface area contributed by atoms with Crippen LogP contribution in [0.2, 0.25) is 10.0 Å². The Morgan fingerprint density at radius 3 is 2.54 bits per heavy atom. The zero-order valence-electron chi connectivity index (χ0n) is 13.6. The number of thiophene rings is 1. The number of hydrogen-bond donors (Lipinski definition) is 0. The fraction of sp³-hybridized carbons (Fsp3) is 0.294. The van der Waals surface area contributed by atoms with Gasteiger partial charge in [0, 0.05) is 38.7 Å². The smallest absolute Gasteiger partial charge is 0.191 e. The van der Waals surface area contributed by atoms with Gasteiger partial charge < -0.3 is 4.57 Å². The average molecular weight is 398 g/mol. The Labute approximate surface area is 160 Å². The summed E-state index contributed by atoms with van der Waals surface area (Å²) in [5.41, 5.74) is 2.04. The number of nitrogens with zero attached hydrogens (tertiary/aromatic N) is 3. The average Bonchev–Trinajstić information content (AvgIpc) is 3.14. The Bertz CT molecular complexity index is 835. The van der Waals surface area contributed by atoms with E-state index in [1.807, 2.05) is 29.8 Å². The maximum absolute atomic E-state index is 6.23. The molecule has 0 radical (unpaired) electrons. The molecular formula is C17H17Cl2N3S2. The lowest BCUT2D eigenvalue weighted by Gasteiger charge is -2.06. The van der Waals surface area contributed by atoms with Gasteiger partial charge in [0.2, 0.25) is 0 Å². The maximum atomic E-state index is 6.23. The maximum Gasteiger partial charge on any atom is 0.191 e. The molecule has 7 heteroatoms. The molecule has 0 spiro atoms. The van der Waals surface area contributed by atoms with E-state index in [1.54, 1.807) is 23.1 Å². The number of benzene rings is 1. The highest BCUT2D eigenvalue weighted by molar-refractivity contribution is 7.98. The minimum absolute atomic E-state index is 0.521. The van der Waals surface area contributed by atoms with Crippen LogP contribution in [0.25, 0.3) is 11.4 Å². The molecule has 0 saturated carbocycles. The highest BCUT2D eigenvalue weighted by atomic mass is 35.5. The van der Waals surface area contributed by atoms with Gasteiger partial charge in [-0.3, -0.25) is 0 Å². The van der Waals surface area contributed by atoms with Crippen LogP contribution >= 0.6 is 46.3 Å². The molecule has 3 rings (SSSR count). The van der Waals surface area contributed by atoms with E-state index >= 15 is 0 Å². The number of halogens is 2. The number of rotatable bonds is 5. The molecule has 0 aliphatic heterocycles. The van der Waals surface area contributed by atoms with E-state index in [0.717, 1.165) is 22.1 Å². The SMILES string of the molecule is CC(C)c1cc(-c2nnc(SCc3c(Cl)cccc3Cl)n2C)cs1. The molecule has 2 aromatic heterocycles. The van der Waals surface area contributed by atoms with Crippen molar-refractivity contribution in [3.05, 3.63) is 50.1 Å².